The fourth-order valence-corrected chi connectivity index (χ4v) is 4.14. The third-order valence-electron chi connectivity index (χ3n) is 3.40. The van der Waals surface area contributed by atoms with E-state index in [0.717, 1.165) is 34.8 Å². The number of halogens is 2. The average Bonchev–Trinajstić information content (AvgIpc) is 3.19. The first kappa shape index (κ1) is 18.8. The van der Waals surface area contributed by atoms with Crippen LogP contribution in [0.1, 0.15) is 4.88 Å². The van der Waals surface area contributed by atoms with Crippen molar-refractivity contribution in [3.63, 3.8) is 0 Å². The third-order valence-corrected chi connectivity index (χ3v) is 5.42. The molecule has 27 heavy (non-hydrogen) atoms. The number of carbonyl (C=O) groups is 1. The molecule has 0 saturated heterocycles. The Morgan fingerprint density at radius 3 is 2.78 bits per heavy atom. The van der Waals surface area contributed by atoms with Gasteiger partial charge in [0.15, 0.2) is 10.6 Å². The molecule has 2 aromatic heterocycles. The lowest BCUT2D eigenvalue weighted by atomic mass is 10.3. The van der Waals surface area contributed by atoms with Gasteiger partial charge in [-0.1, -0.05) is 28.7 Å². The van der Waals surface area contributed by atoms with Crippen LogP contribution in [-0.4, -0.2) is 15.4 Å². The number of fused-ring (bicyclic) bond motifs is 1. The molecule has 0 bridgehead atoms. The van der Waals surface area contributed by atoms with Crippen LogP contribution >= 0.6 is 22.7 Å². The molecule has 0 aliphatic rings. The number of aromatic nitrogens is 1. The van der Waals surface area contributed by atoms with Crippen LogP contribution in [0.4, 0.5) is 13.8 Å². The van der Waals surface area contributed by atoms with E-state index < -0.39 is 22.5 Å². The van der Waals surface area contributed by atoms with Crippen molar-refractivity contribution in [2.24, 2.45) is 4.99 Å². The van der Waals surface area contributed by atoms with E-state index in [4.69, 9.17) is 0 Å². The molecule has 0 aliphatic carbocycles. The summed E-state index contributed by atoms with van der Waals surface area (Å²) in [5, 5.41) is 10.6. The van der Waals surface area contributed by atoms with E-state index in [1.807, 2.05) is 0 Å². The van der Waals surface area contributed by atoms with Gasteiger partial charge in [-0.3, -0.25) is 14.9 Å². The Bertz CT molecular complexity index is 1160. The fourth-order valence-electron chi connectivity index (χ4n) is 2.33. The Balaban J connectivity index is 1.98. The van der Waals surface area contributed by atoms with Crippen molar-refractivity contribution in [1.29, 1.82) is 0 Å². The average molecular weight is 407 g/mol. The summed E-state index contributed by atoms with van der Waals surface area (Å²) in [6.07, 6.45) is 4.09. The Labute approximate surface area is 159 Å². The Hall–Kier alpha value is -2.98. The molecule has 0 radical (unpaired) electrons. The number of benzene rings is 1. The van der Waals surface area contributed by atoms with Crippen molar-refractivity contribution >= 4 is 49.9 Å². The second-order valence-electron chi connectivity index (χ2n) is 5.23. The Kier molecular flexibility index (Phi) is 5.38. The van der Waals surface area contributed by atoms with Crippen molar-refractivity contribution in [2.45, 2.75) is 6.54 Å². The van der Waals surface area contributed by atoms with Crippen LogP contribution in [0.15, 0.2) is 48.0 Å². The van der Waals surface area contributed by atoms with E-state index in [2.05, 4.69) is 11.6 Å². The summed E-state index contributed by atoms with van der Waals surface area (Å²) in [4.78, 5) is 26.9. The number of nitro groups is 1. The Morgan fingerprint density at radius 1 is 1.33 bits per heavy atom. The molecule has 6 nitrogen and oxygen atoms in total. The summed E-state index contributed by atoms with van der Waals surface area (Å²) in [6, 6.07) is 4.80. The van der Waals surface area contributed by atoms with Gasteiger partial charge >= 0.3 is 5.00 Å². The molecule has 0 fully saturated rings. The van der Waals surface area contributed by atoms with E-state index >= 15 is 0 Å². The molecule has 0 atom stereocenters. The summed E-state index contributed by atoms with van der Waals surface area (Å²) in [5.41, 5.74) is 0.144. The first-order valence-electron chi connectivity index (χ1n) is 7.49. The third kappa shape index (κ3) is 4.07. The number of nitrogens with zero attached hydrogens (tertiary/aromatic N) is 3. The van der Waals surface area contributed by atoms with E-state index in [1.165, 1.54) is 34.9 Å². The SMILES string of the molecule is C=CCn1c(=NC(=O)/C=C/c2ccc([N+](=O)[O-])s2)sc2cc(F)cc(F)c21. The van der Waals surface area contributed by atoms with Crippen molar-refractivity contribution in [3.05, 3.63) is 74.4 Å². The van der Waals surface area contributed by atoms with Crippen molar-refractivity contribution in [3.8, 4) is 0 Å². The first-order chi connectivity index (χ1) is 12.9. The minimum Gasteiger partial charge on any atom is -0.310 e. The number of amides is 1. The summed E-state index contributed by atoms with van der Waals surface area (Å²) >= 11 is 1.90. The summed E-state index contributed by atoms with van der Waals surface area (Å²) in [5.74, 6) is -2.10. The number of rotatable bonds is 5. The van der Waals surface area contributed by atoms with Gasteiger partial charge in [0, 0.05) is 29.6 Å². The lowest BCUT2D eigenvalue weighted by molar-refractivity contribution is -0.380. The first-order valence-corrected chi connectivity index (χ1v) is 9.12. The molecule has 0 N–H and O–H groups in total. The van der Waals surface area contributed by atoms with Gasteiger partial charge in [-0.05, 0) is 18.2 Å². The standard InChI is InChI=1S/C17H11F2N3O3S2/c1-2-7-21-16-12(19)8-10(18)9-13(16)27-17(21)20-14(23)5-3-11-4-6-15(26-11)22(24)25/h2-6,8-9H,1,7H2/b5-3+,20-17?. The molecule has 1 amide bonds. The Morgan fingerprint density at radius 2 is 2.11 bits per heavy atom. The quantitative estimate of drug-likeness (QED) is 0.274. The maximum absolute atomic E-state index is 14.1. The number of thiophene rings is 1. The largest absolute Gasteiger partial charge is 0.324 e. The van der Waals surface area contributed by atoms with Crippen molar-refractivity contribution in [2.75, 3.05) is 0 Å². The summed E-state index contributed by atoms with van der Waals surface area (Å²) < 4.78 is 29.3. The highest BCUT2D eigenvalue weighted by Crippen LogP contribution is 2.25. The minimum absolute atomic E-state index is 0.0372. The molecule has 3 rings (SSSR count). The summed E-state index contributed by atoms with van der Waals surface area (Å²) in [7, 11) is 0. The van der Waals surface area contributed by atoms with Gasteiger partial charge in [-0.2, -0.15) is 4.99 Å². The molecular formula is C17H11F2N3O3S2. The van der Waals surface area contributed by atoms with E-state index in [-0.39, 0.29) is 21.9 Å². The van der Waals surface area contributed by atoms with Crippen molar-refractivity contribution < 1.29 is 18.5 Å². The molecule has 1 aromatic carbocycles. The zero-order chi connectivity index (χ0) is 19.6. The molecule has 10 heteroatoms. The number of carbonyl (C=O) groups excluding carboxylic acids is 1. The molecule has 2 heterocycles. The van der Waals surface area contributed by atoms with Crippen LogP contribution in [0.3, 0.4) is 0 Å². The van der Waals surface area contributed by atoms with Crippen LogP contribution in [0.2, 0.25) is 0 Å². The van der Waals surface area contributed by atoms with Crippen LogP contribution in [0.25, 0.3) is 16.3 Å². The van der Waals surface area contributed by atoms with E-state index in [1.54, 1.807) is 0 Å². The second-order valence-corrected chi connectivity index (χ2v) is 7.34. The van der Waals surface area contributed by atoms with Gasteiger partial charge in [0.1, 0.15) is 5.82 Å². The van der Waals surface area contributed by atoms with Gasteiger partial charge in [0.25, 0.3) is 5.91 Å². The van der Waals surface area contributed by atoms with Gasteiger partial charge in [0.2, 0.25) is 0 Å². The van der Waals surface area contributed by atoms with Crippen LogP contribution < -0.4 is 4.80 Å². The smallest absolute Gasteiger partial charge is 0.310 e. The van der Waals surface area contributed by atoms with Crippen LogP contribution in [0.5, 0.6) is 0 Å². The molecular weight excluding hydrogens is 396 g/mol. The highest BCUT2D eigenvalue weighted by atomic mass is 32.1. The molecule has 0 spiro atoms. The second kappa shape index (κ2) is 7.72. The highest BCUT2D eigenvalue weighted by Gasteiger charge is 2.13. The fraction of sp³-hybridized carbons (Fsp3) is 0.0588. The van der Waals surface area contributed by atoms with E-state index in [0.29, 0.717) is 9.58 Å². The minimum atomic E-state index is -0.751. The maximum atomic E-state index is 14.1. The number of hydrogen-bond donors (Lipinski definition) is 0. The lowest BCUT2D eigenvalue weighted by Gasteiger charge is -2.01. The maximum Gasteiger partial charge on any atom is 0.324 e. The van der Waals surface area contributed by atoms with Crippen LogP contribution in [0, 0.1) is 21.7 Å². The van der Waals surface area contributed by atoms with Gasteiger partial charge in [0.05, 0.1) is 15.1 Å². The molecule has 0 aliphatic heterocycles. The lowest BCUT2D eigenvalue weighted by Crippen LogP contribution is -2.16. The molecule has 3 aromatic rings. The van der Waals surface area contributed by atoms with Gasteiger partial charge < -0.3 is 4.57 Å². The van der Waals surface area contributed by atoms with Crippen LogP contribution in [-0.2, 0) is 11.3 Å². The van der Waals surface area contributed by atoms with Gasteiger partial charge in [-0.25, -0.2) is 8.78 Å². The van der Waals surface area contributed by atoms with Gasteiger partial charge in [-0.15, -0.1) is 6.58 Å². The monoisotopic (exact) mass is 407 g/mol. The molecule has 0 saturated carbocycles. The predicted octanol–water partition coefficient (Wildman–Crippen LogP) is 4.28. The number of hydrogen-bond acceptors (Lipinski definition) is 5. The molecule has 138 valence electrons. The zero-order valence-corrected chi connectivity index (χ0v) is 15.2. The highest BCUT2D eigenvalue weighted by molar-refractivity contribution is 7.16. The number of allylic oxidation sites excluding steroid dienone is 1. The normalized spacial score (nSPS) is 12.1. The topological polar surface area (TPSA) is 77.5 Å². The molecule has 0 unspecified atom stereocenters. The number of thiazole rings is 1. The van der Waals surface area contributed by atoms with Crippen molar-refractivity contribution in [1.82, 2.24) is 4.57 Å². The predicted molar refractivity (Wildman–Crippen MR) is 101 cm³/mol. The summed E-state index contributed by atoms with van der Waals surface area (Å²) in [6.45, 7) is 3.79. The zero-order valence-electron chi connectivity index (χ0n) is 13.6. The van der Waals surface area contributed by atoms with E-state index in [9.17, 15) is 23.7 Å².